The van der Waals surface area contributed by atoms with E-state index in [2.05, 4.69) is 0 Å². The lowest BCUT2D eigenvalue weighted by Gasteiger charge is -2.25. The molecule has 0 aliphatic heterocycles. The van der Waals surface area contributed by atoms with Crippen molar-refractivity contribution in [2.45, 2.75) is 53.4 Å². The number of benzene rings is 1. The average Bonchev–Trinajstić information content (AvgIpc) is 2.24. The summed E-state index contributed by atoms with van der Waals surface area (Å²) in [4.78, 5) is 11.4. The Bertz CT molecular complexity index is 468. The third-order valence-electron chi connectivity index (χ3n) is 2.96. The van der Waals surface area contributed by atoms with Crippen molar-refractivity contribution in [3.05, 3.63) is 22.8 Å². The average molecular weight is 250 g/mol. The van der Waals surface area contributed by atoms with Gasteiger partial charge in [-0.25, -0.2) is 0 Å². The maximum Gasteiger partial charge on any atom is 0.310 e. The van der Waals surface area contributed by atoms with E-state index in [-0.39, 0.29) is 17.1 Å². The molecule has 0 bridgehead atoms. The topological polar surface area (TPSA) is 46.5 Å². The van der Waals surface area contributed by atoms with Crippen LogP contribution in [0.4, 0.5) is 0 Å². The lowest BCUT2D eigenvalue weighted by molar-refractivity contribution is -0.134. The molecule has 0 unspecified atom stereocenters. The molecule has 1 rings (SSSR count). The van der Waals surface area contributed by atoms with Gasteiger partial charge in [0.05, 0.1) is 0 Å². The van der Waals surface area contributed by atoms with Gasteiger partial charge in [0, 0.05) is 12.0 Å². The summed E-state index contributed by atoms with van der Waals surface area (Å²) in [6, 6.07) is 1.72. The second-order valence-electron chi connectivity index (χ2n) is 5.62. The highest BCUT2D eigenvalue weighted by atomic mass is 16.5. The fourth-order valence-electron chi connectivity index (χ4n) is 2.09. The van der Waals surface area contributed by atoms with Crippen molar-refractivity contribution in [2.24, 2.45) is 0 Å². The van der Waals surface area contributed by atoms with Crippen LogP contribution in [0.25, 0.3) is 0 Å². The smallest absolute Gasteiger partial charge is 0.310 e. The normalized spacial score (nSPS) is 11.4. The standard InChI is InChI=1S/C15H22O3/c1-7-12(16)18-11-8-9(2)14(17)13(10(11)3)15(4,5)6/h8,17H,7H2,1-6H3. The summed E-state index contributed by atoms with van der Waals surface area (Å²) in [6.07, 6.45) is 0.338. The van der Waals surface area contributed by atoms with Crippen molar-refractivity contribution in [1.29, 1.82) is 0 Å². The van der Waals surface area contributed by atoms with Gasteiger partial charge in [-0.15, -0.1) is 0 Å². The van der Waals surface area contributed by atoms with E-state index in [4.69, 9.17) is 4.74 Å². The molecule has 3 nitrogen and oxygen atoms in total. The van der Waals surface area contributed by atoms with Gasteiger partial charge < -0.3 is 9.84 Å². The molecule has 1 aromatic carbocycles. The van der Waals surface area contributed by atoms with Crippen molar-refractivity contribution in [2.75, 3.05) is 0 Å². The number of aromatic hydroxyl groups is 1. The highest BCUT2D eigenvalue weighted by Gasteiger charge is 2.25. The van der Waals surface area contributed by atoms with Crippen LogP contribution in [0.1, 0.15) is 50.8 Å². The molecule has 1 aromatic rings. The number of ether oxygens (including phenoxy) is 1. The third kappa shape index (κ3) is 2.84. The molecule has 0 spiro atoms. The monoisotopic (exact) mass is 250 g/mol. The molecule has 0 heterocycles. The minimum atomic E-state index is -0.261. The van der Waals surface area contributed by atoms with E-state index >= 15 is 0 Å². The third-order valence-corrected chi connectivity index (χ3v) is 2.96. The predicted molar refractivity (Wildman–Crippen MR) is 72.2 cm³/mol. The largest absolute Gasteiger partial charge is 0.507 e. The predicted octanol–water partition coefficient (Wildman–Crippen LogP) is 3.62. The molecule has 0 aliphatic rings. The van der Waals surface area contributed by atoms with Crippen LogP contribution in [0.2, 0.25) is 0 Å². The number of hydrogen-bond acceptors (Lipinski definition) is 3. The number of aryl methyl sites for hydroxylation is 1. The summed E-state index contributed by atoms with van der Waals surface area (Å²) in [5.74, 6) is 0.571. The van der Waals surface area contributed by atoms with Crippen molar-refractivity contribution >= 4 is 5.97 Å². The summed E-state index contributed by atoms with van der Waals surface area (Å²) in [5, 5.41) is 10.2. The summed E-state index contributed by atoms with van der Waals surface area (Å²) in [7, 11) is 0. The van der Waals surface area contributed by atoms with Crippen LogP contribution in [-0.4, -0.2) is 11.1 Å². The number of rotatable bonds is 2. The maximum absolute atomic E-state index is 11.4. The van der Waals surface area contributed by atoms with Gasteiger partial charge in [-0.3, -0.25) is 4.79 Å². The SMILES string of the molecule is CCC(=O)Oc1cc(C)c(O)c(C(C)(C)C)c1C. The molecule has 0 saturated carbocycles. The molecule has 0 aliphatic carbocycles. The fourth-order valence-corrected chi connectivity index (χ4v) is 2.09. The van der Waals surface area contributed by atoms with Crippen molar-refractivity contribution in [3.63, 3.8) is 0 Å². The number of phenols is 1. The van der Waals surface area contributed by atoms with E-state index in [0.29, 0.717) is 12.2 Å². The van der Waals surface area contributed by atoms with E-state index in [9.17, 15) is 9.90 Å². The fraction of sp³-hybridized carbons (Fsp3) is 0.533. The Morgan fingerprint density at radius 1 is 1.33 bits per heavy atom. The second-order valence-corrected chi connectivity index (χ2v) is 5.62. The van der Waals surface area contributed by atoms with Crippen LogP contribution < -0.4 is 4.74 Å². The van der Waals surface area contributed by atoms with E-state index in [1.54, 1.807) is 13.0 Å². The molecule has 0 fully saturated rings. The summed E-state index contributed by atoms with van der Waals surface area (Å²) < 4.78 is 5.32. The van der Waals surface area contributed by atoms with E-state index in [1.165, 1.54) is 0 Å². The Balaban J connectivity index is 3.40. The highest BCUT2D eigenvalue weighted by Crippen LogP contribution is 2.40. The van der Waals surface area contributed by atoms with Gasteiger partial charge in [-0.1, -0.05) is 27.7 Å². The van der Waals surface area contributed by atoms with E-state index in [0.717, 1.165) is 16.7 Å². The second kappa shape index (κ2) is 5.01. The maximum atomic E-state index is 11.4. The molecule has 0 amide bonds. The molecular weight excluding hydrogens is 228 g/mol. The zero-order chi connectivity index (χ0) is 14.1. The van der Waals surface area contributed by atoms with Gasteiger partial charge in [0.1, 0.15) is 11.5 Å². The minimum Gasteiger partial charge on any atom is -0.507 e. The molecule has 0 radical (unpaired) electrons. The number of phenolic OH excluding ortho intramolecular Hbond substituents is 1. The number of hydrogen-bond donors (Lipinski definition) is 1. The molecule has 1 N–H and O–H groups in total. The highest BCUT2D eigenvalue weighted by molar-refractivity contribution is 5.73. The first-order valence-corrected chi connectivity index (χ1v) is 6.22. The van der Waals surface area contributed by atoms with Gasteiger partial charge in [-0.05, 0) is 36.5 Å². The van der Waals surface area contributed by atoms with E-state index in [1.807, 2.05) is 34.6 Å². The number of carbonyl (C=O) groups excluding carboxylic acids is 1. The molecule has 0 atom stereocenters. The summed E-state index contributed by atoms with van der Waals surface area (Å²) >= 11 is 0. The van der Waals surface area contributed by atoms with Crippen molar-refractivity contribution < 1.29 is 14.6 Å². The first-order valence-electron chi connectivity index (χ1n) is 6.22. The lowest BCUT2D eigenvalue weighted by atomic mass is 9.82. The molecule has 0 aromatic heterocycles. The van der Waals surface area contributed by atoms with Gasteiger partial charge in [0.25, 0.3) is 0 Å². The first-order chi connectivity index (χ1) is 8.18. The van der Waals surface area contributed by atoms with Gasteiger partial charge in [-0.2, -0.15) is 0 Å². The molecule has 0 saturated heterocycles. The van der Waals surface area contributed by atoms with Crippen LogP contribution in [0.5, 0.6) is 11.5 Å². The lowest BCUT2D eigenvalue weighted by Crippen LogP contribution is -2.16. The first kappa shape index (κ1) is 14.6. The van der Waals surface area contributed by atoms with Gasteiger partial charge in [0.15, 0.2) is 0 Å². The zero-order valence-electron chi connectivity index (χ0n) is 12.0. The Kier molecular flexibility index (Phi) is 4.05. The molecular formula is C15H22O3. The van der Waals surface area contributed by atoms with E-state index < -0.39 is 0 Å². The van der Waals surface area contributed by atoms with Crippen LogP contribution in [0.15, 0.2) is 6.07 Å². The number of carbonyl (C=O) groups is 1. The number of esters is 1. The van der Waals surface area contributed by atoms with Crippen LogP contribution in [0, 0.1) is 13.8 Å². The van der Waals surface area contributed by atoms with Crippen molar-refractivity contribution in [3.8, 4) is 11.5 Å². The molecule has 3 heteroatoms. The Morgan fingerprint density at radius 3 is 2.33 bits per heavy atom. The Labute approximate surface area is 109 Å². The summed E-state index contributed by atoms with van der Waals surface area (Å²) in [6.45, 7) is 11.5. The van der Waals surface area contributed by atoms with Crippen molar-refractivity contribution in [1.82, 2.24) is 0 Å². The zero-order valence-corrected chi connectivity index (χ0v) is 12.0. The van der Waals surface area contributed by atoms with Gasteiger partial charge >= 0.3 is 5.97 Å². The van der Waals surface area contributed by atoms with Crippen LogP contribution >= 0.6 is 0 Å². The molecule has 100 valence electrons. The minimum absolute atomic E-state index is 0.201. The quantitative estimate of drug-likeness (QED) is 0.644. The molecule has 18 heavy (non-hydrogen) atoms. The Hall–Kier alpha value is -1.51. The summed E-state index contributed by atoms with van der Waals surface area (Å²) in [5.41, 5.74) is 2.19. The van der Waals surface area contributed by atoms with Gasteiger partial charge in [0.2, 0.25) is 0 Å². The van der Waals surface area contributed by atoms with Crippen LogP contribution in [0.3, 0.4) is 0 Å². The van der Waals surface area contributed by atoms with Crippen LogP contribution in [-0.2, 0) is 10.2 Å². The Morgan fingerprint density at radius 2 is 1.89 bits per heavy atom.